The Morgan fingerprint density at radius 1 is 1.08 bits per heavy atom. The van der Waals surface area contributed by atoms with Crippen molar-refractivity contribution in [1.82, 2.24) is 0 Å². The van der Waals surface area contributed by atoms with Crippen LogP contribution in [0.25, 0.3) is 0 Å². The first-order valence-electron chi connectivity index (χ1n) is 4.40. The molecule has 82 valence electrons. The molecule has 1 fully saturated rings. The molecule has 2 unspecified atom stereocenters. The van der Waals surface area contributed by atoms with Gasteiger partial charge in [0, 0.05) is 40.1 Å². The summed E-state index contributed by atoms with van der Waals surface area (Å²) in [6, 6.07) is 0. The minimum Gasteiger partial charge on any atom is -0.345 e. The summed E-state index contributed by atoms with van der Waals surface area (Å²) >= 11 is 0. The van der Waals surface area contributed by atoms with Gasteiger partial charge in [-0.25, -0.2) is 0 Å². The smallest absolute Gasteiger partial charge is 0.160 e. The molecule has 1 aliphatic heterocycles. The van der Waals surface area contributed by atoms with Crippen molar-refractivity contribution < 1.29 is 30.5 Å². The van der Waals surface area contributed by atoms with E-state index in [0.717, 1.165) is 0 Å². The van der Waals surface area contributed by atoms with E-state index in [-0.39, 0.29) is 39.6 Å². The third-order valence-electron chi connectivity index (χ3n) is 2.04. The molecule has 13 heavy (non-hydrogen) atoms. The molecular formula is C8H18N2O2Pt. The molecule has 0 aromatic rings. The molecule has 0 aromatic heterocycles. The van der Waals surface area contributed by atoms with Crippen LogP contribution in [0.2, 0.25) is 0 Å². The maximum Gasteiger partial charge on any atom is 0.160 e. The zero-order valence-corrected chi connectivity index (χ0v) is 10.3. The molecule has 4 N–H and O–H groups in total. The fourth-order valence-electron chi connectivity index (χ4n) is 1.28. The van der Waals surface area contributed by atoms with Crippen LogP contribution in [0.15, 0.2) is 0 Å². The molecule has 0 bridgehead atoms. The molecule has 2 atom stereocenters. The SMILES string of the molecule is CC(C)C1OC(CN)C(CN)O1.[Pt]. The average molecular weight is 369 g/mol. The van der Waals surface area contributed by atoms with Crippen LogP contribution >= 0.6 is 0 Å². The zero-order chi connectivity index (χ0) is 9.14. The molecule has 1 aliphatic rings. The van der Waals surface area contributed by atoms with Crippen molar-refractivity contribution >= 4 is 0 Å². The van der Waals surface area contributed by atoms with E-state index in [1.54, 1.807) is 0 Å². The Kier molecular flexibility index (Phi) is 6.34. The summed E-state index contributed by atoms with van der Waals surface area (Å²) in [7, 11) is 0. The Labute approximate surface area is 93.6 Å². The largest absolute Gasteiger partial charge is 0.345 e. The number of nitrogens with two attached hydrogens (primary N) is 2. The Hall–Kier alpha value is 0.528. The van der Waals surface area contributed by atoms with Gasteiger partial charge in [-0.05, 0) is 0 Å². The summed E-state index contributed by atoms with van der Waals surface area (Å²) < 4.78 is 11.1. The molecule has 5 heteroatoms. The van der Waals surface area contributed by atoms with Crippen molar-refractivity contribution in [1.29, 1.82) is 0 Å². The molecule has 0 aliphatic carbocycles. The van der Waals surface area contributed by atoms with Gasteiger partial charge in [0.1, 0.15) is 12.2 Å². The number of ether oxygens (including phenoxy) is 2. The molecule has 4 nitrogen and oxygen atoms in total. The van der Waals surface area contributed by atoms with E-state index < -0.39 is 0 Å². The van der Waals surface area contributed by atoms with Gasteiger partial charge in [-0.2, -0.15) is 0 Å². The van der Waals surface area contributed by atoms with Crippen molar-refractivity contribution in [3.8, 4) is 0 Å². The molecule has 0 saturated carbocycles. The molecule has 0 amide bonds. The molecule has 0 radical (unpaired) electrons. The second-order valence-corrected chi connectivity index (χ2v) is 3.43. The van der Waals surface area contributed by atoms with Crippen LogP contribution in [0.5, 0.6) is 0 Å². The Morgan fingerprint density at radius 3 is 1.69 bits per heavy atom. The Bertz CT molecular complexity index is 134. The van der Waals surface area contributed by atoms with Gasteiger partial charge in [-0.3, -0.25) is 0 Å². The maximum absolute atomic E-state index is 5.55. The number of hydrogen-bond donors (Lipinski definition) is 2. The van der Waals surface area contributed by atoms with E-state index in [4.69, 9.17) is 20.9 Å². The fraction of sp³-hybridized carbons (Fsp3) is 1.00. The molecule has 1 rings (SSSR count). The summed E-state index contributed by atoms with van der Waals surface area (Å²) in [5, 5.41) is 0. The summed E-state index contributed by atoms with van der Waals surface area (Å²) in [5.41, 5.74) is 11.0. The predicted molar refractivity (Wildman–Crippen MR) is 46.5 cm³/mol. The van der Waals surface area contributed by atoms with Gasteiger partial charge in [0.05, 0.1) is 0 Å². The summed E-state index contributed by atoms with van der Waals surface area (Å²) in [5.74, 6) is 0.357. The van der Waals surface area contributed by atoms with Gasteiger partial charge in [0.25, 0.3) is 0 Å². The zero-order valence-electron chi connectivity index (χ0n) is 8.01. The normalized spacial score (nSPS) is 33.5. The second-order valence-electron chi connectivity index (χ2n) is 3.43. The maximum atomic E-state index is 5.55. The molecule has 1 saturated heterocycles. The van der Waals surface area contributed by atoms with Crippen LogP contribution in [0.4, 0.5) is 0 Å². The fourth-order valence-corrected chi connectivity index (χ4v) is 1.28. The first-order chi connectivity index (χ1) is 5.69. The van der Waals surface area contributed by atoms with Gasteiger partial charge >= 0.3 is 0 Å². The standard InChI is InChI=1S/C8H18N2O2.Pt/c1-5(2)8-11-6(3-9)7(4-10)12-8;/h5-8H,3-4,9-10H2,1-2H3;. The third kappa shape index (κ3) is 3.30. The monoisotopic (exact) mass is 369 g/mol. The first kappa shape index (κ1) is 13.5. The van der Waals surface area contributed by atoms with Crippen molar-refractivity contribution in [2.75, 3.05) is 13.1 Å². The quantitative estimate of drug-likeness (QED) is 0.715. The van der Waals surface area contributed by atoms with E-state index in [0.29, 0.717) is 19.0 Å². The van der Waals surface area contributed by atoms with Crippen molar-refractivity contribution in [3.05, 3.63) is 0 Å². The van der Waals surface area contributed by atoms with Gasteiger partial charge in [0.15, 0.2) is 6.29 Å². The molecular weight excluding hydrogens is 351 g/mol. The van der Waals surface area contributed by atoms with E-state index in [2.05, 4.69) is 13.8 Å². The van der Waals surface area contributed by atoms with E-state index in [1.807, 2.05) is 0 Å². The van der Waals surface area contributed by atoms with E-state index in [1.165, 1.54) is 0 Å². The van der Waals surface area contributed by atoms with Gasteiger partial charge in [0.2, 0.25) is 0 Å². The van der Waals surface area contributed by atoms with Crippen LogP contribution in [0, 0.1) is 5.92 Å². The average Bonchev–Trinajstić information content (AvgIpc) is 2.46. The molecule has 0 aromatic carbocycles. The van der Waals surface area contributed by atoms with Crippen LogP contribution < -0.4 is 11.5 Å². The van der Waals surface area contributed by atoms with Crippen molar-refractivity contribution in [2.24, 2.45) is 17.4 Å². The van der Waals surface area contributed by atoms with Gasteiger partial charge < -0.3 is 20.9 Å². The van der Waals surface area contributed by atoms with E-state index >= 15 is 0 Å². The summed E-state index contributed by atoms with van der Waals surface area (Å²) in [6.07, 6.45) is -0.183. The Morgan fingerprint density at radius 2 is 1.46 bits per heavy atom. The van der Waals surface area contributed by atoms with Gasteiger partial charge in [-0.15, -0.1) is 0 Å². The molecule has 1 heterocycles. The number of rotatable bonds is 3. The van der Waals surface area contributed by atoms with Crippen LogP contribution in [-0.2, 0) is 30.5 Å². The minimum atomic E-state index is -0.132. The minimum absolute atomic E-state index is 0. The van der Waals surface area contributed by atoms with Crippen LogP contribution in [0.1, 0.15) is 13.8 Å². The van der Waals surface area contributed by atoms with Crippen molar-refractivity contribution in [3.63, 3.8) is 0 Å². The van der Waals surface area contributed by atoms with Crippen LogP contribution in [-0.4, -0.2) is 31.6 Å². The summed E-state index contributed by atoms with van der Waals surface area (Å²) in [4.78, 5) is 0. The van der Waals surface area contributed by atoms with Gasteiger partial charge in [-0.1, -0.05) is 13.8 Å². The predicted octanol–water partition coefficient (Wildman–Crippen LogP) is -0.333. The molecule has 0 spiro atoms. The third-order valence-corrected chi connectivity index (χ3v) is 2.04. The van der Waals surface area contributed by atoms with Crippen molar-refractivity contribution in [2.45, 2.75) is 32.3 Å². The van der Waals surface area contributed by atoms with E-state index in [9.17, 15) is 0 Å². The van der Waals surface area contributed by atoms with Crippen LogP contribution in [0.3, 0.4) is 0 Å². The number of hydrogen-bond acceptors (Lipinski definition) is 4. The topological polar surface area (TPSA) is 70.5 Å². The summed E-state index contributed by atoms with van der Waals surface area (Å²) in [6.45, 7) is 5.06. The Balaban J connectivity index is 0.00000144. The second kappa shape index (κ2) is 6.09. The first-order valence-corrected chi connectivity index (χ1v) is 4.40.